The molecule has 1 unspecified atom stereocenters. The van der Waals surface area contributed by atoms with Gasteiger partial charge in [-0.3, -0.25) is 4.79 Å². The van der Waals surface area contributed by atoms with E-state index < -0.39 is 5.97 Å². The van der Waals surface area contributed by atoms with Crippen LogP contribution in [0.2, 0.25) is 0 Å². The van der Waals surface area contributed by atoms with E-state index in [1.807, 2.05) is 0 Å². The Labute approximate surface area is 150 Å². The molecular formula is C21H42O3. The van der Waals surface area contributed by atoms with Gasteiger partial charge >= 0.3 is 5.97 Å². The molecule has 1 N–H and O–H groups in total. The van der Waals surface area contributed by atoms with Crippen molar-refractivity contribution >= 4 is 5.97 Å². The molecule has 0 aromatic heterocycles. The summed E-state index contributed by atoms with van der Waals surface area (Å²) in [6.07, 6.45) is 18.4. The van der Waals surface area contributed by atoms with Gasteiger partial charge in [-0.2, -0.15) is 0 Å². The molecule has 0 aliphatic carbocycles. The lowest BCUT2D eigenvalue weighted by Crippen LogP contribution is -2.18. The Morgan fingerprint density at radius 2 is 1.25 bits per heavy atom. The molecule has 0 amide bonds. The highest BCUT2D eigenvalue weighted by Crippen LogP contribution is 2.17. The van der Waals surface area contributed by atoms with E-state index in [9.17, 15) is 4.79 Å². The van der Waals surface area contributed by atoms with Gasteiger partial charge in [0.1, 0.15) is 0 Å². The van der Waals surface area contributed by atoms with Crippen molar-refractivity contribution in [3.8, 4) is 0 Å². The van der Waals surface area contributed by atoms with Crippen molar-refractivity contribution in [1.29, 1.82) is 0 Å². The maximum Gasteiger partial charge on any atom is 0.303 e. The molecule has 144 valence electrons. The fourth-order valence-corrected chi connectivity index (χ4v) is 3.17. The van der Waals surface area contributed by atoms with Gasteiger partial charge < -0.3 is 9.84 Å². The lowest BCUT2D eigenvalue weighted by Gasteiger charge is -2.20. The van der Waals surface area contributed by atoms with Gasteiger partial charge in [-0.1, -0.05) is 77.6 Å². The van der Waals surface area contributed by atoms with E-state index in [0.717, 1.165) is 12.8 Å². The second-order valence-electron chi connectivity index (χ2n) is 7.42. The van der Waals surface area contributed by atoms with Crippen molar-refractivity contribution in [3.05, 3.63) is 0 Å². The smallest absolute Gasteiger partial charge is 0.303 e. The summed E-state index contributed by atoms with van der Waals surface area (Å²) >= 11 is 0. The molecule has 0 rings (SSSR count). The Bertz CT molecular complexity index is 276. The van der Waals surface area contributed by atoms with Gasteiger partial charge in [0.15, 0.2) is 0 Å². The number of ether oxygens (including phenoxy) is 1. The predicted octanol–water partition coefficient (Wildman–Crippen LogP) is 6.74. The zero-order valence-electron chi connectivity index (χ0n) is 16.5. The van der Waals surface area contributed by atoms with E-state index in [1.54, 1.807) is 0 Å². The van der Waals surface area contributed by atoms with Crippen LogP contribution in [0.1, 0.15) is 117 Å². The Balaban J connectivity index is 3.52. The maximum absolute atomic E-state index is 10.4. The molecule has 0 aliphatic heterocycles. The molecule has 0 saturated heterocycles. The lowest BCUT2D eigenvalue weighted by molar-refractivity contribution is -0.137. The van der Waals surface area contributed by atoms with Gasteiger partial charge in [0.05, 0.1) is 12.2 Å². The standard InChI is InChI=1S/C21H42O3/c1-4-5-6-13-16-20(24-19(2)3)17-14-11-9-7-8-10-12-15-18-21(22)23/h19-20H,4-18H2,1-3H3,(H,22,23). The zero-order valence-corrected chi connectivity index (χ0v) is 16.5. The number of carboxylic acids is 1. The van der Waals surface area contributed by atoms with Crippen LogP contribution in [0.15, 0.2) is 0 Å². The second kappa shape index (κ2) is 17.3. The van der Waals surface area contributed by atoms with Crippen molar-refractivity contribution in [3.63, 3.8) is 0 Å². The molecule has 0 bridgehead atoms. The van der Waals surface area contributed by atoms with Gasteiger partial charge in [0, 0.05) is 6.42 Å². The van der Waals surface area contributed by atoms with Crippen LogP contribution in [0.4, 0.5) is 0 Å². The zero-order chi connectivity index (χ0) is 18.0. The Morgan fingerprint density at radius 3 is 1.71 bits per heavy atom. The van der Waals surface area contributed by atoms with Crippen LogP contribution < -0.4 is 0 Å². The highest BCUT2D eigenvalue weighted by atomic mass is 16.5. The molecule has 24 heavy (non-hydrogen) atoms. The number of rotatable bonds is 18. The summed E-state index contributed by atoms with van der Waals surface area (Å²) in [6.45, 7) is 6.54. The predicted molar refractivity (Wildman–Crippen MR) is 103 cm³/mol. The van der Waals surface area contributed by atoms with E-state index >= 15 is 0 Å². The molecule has 0 aromatic rings. The first-order chi connectivity index (χ1) is 11.6. The summed E-state index contributed by atoms with van der Waals surface area (Å²) in [5, 5.41) is 8.58. The molecule has 0 aliphatic rings. The number of carbonyl (C=O) groups is 1. The number of aliphatic carboxylic acids is 1. The second-order valence-corrected chi connectivity index (χ2v) is 7.42. The maximum atomic E-state index is 10.4. The minimum Gasteiger partial charge on any atom is -0.481 e. The summed E-state index contributed by atoms with van der Waals surface area (Å²) in [7, 11) is 0. The Morgan fingerprint density at radius 1 is 0.792 bits per heavy atom. The van der Waals surface area contributed by atoms with Crippen molar-refractivity contribution in [2.24, 2.45) is 0 Å². The topological polar surface area (TPSA) is 46.5 Å². The van der Waals surface area contributed by atoms with E-state index in [-0.39, 0.29) is 0 Å². The molecule has 0 saturated carbocycles. The third kappa shape index (κ3) is 17.8. The lowest BCUT2D eigenvalue weighted by atomic mass is 10.0. The summed E-state index contributed by atoms with van der Waals surface area (Å²) in [5.74, 6) is -0.664. The molecule has 0 radical (unpaired) electrons. The third-order valence-corrected chi connectivity index (χ3v) is 4.51. The monoisotopic (exact) mass is 342 g/mol. The van der Waals surface area contributed by atoms with E-state index in [0.29, 0.717) is 18.6 Å². The van der Waals surface area contributed by atoms with Crippen molar-refractivity contribution in [2.45, 2.75) is 129 Å². The summed E-state index contributed by atoms with van der Waals surface area (Å²) < 4.78 is 6.07. The fourth-order valence-electron chi connectivity index (χ4n) is 3.17. The minimum atomic E-state index is -0.664. The van der Waals surface area contributed by atoms with Crippen molar-refractivity contribution in [2.75, 3.05) is 0 Å². The van der Waals surface area contributed by atoms with Gasteiger partial charge in [-0.05, 0) is 33.1 Å². The minimum absolute atomic E-state index is 0.329. The molecular weight excluding hydrogens is 300 g/mol. The van der Waals surface area contributed by atoms with Gasteiger partial charge in [-0.25, -0.2) is 0 Å². The van der Waals surface area contributed by atoms with E-state index in [4.69, 9.17) is 9.84 Å². The number of unbranched alkanes of at least 4 members (excludes halogenated alkanes) is 10. The summed E-state index contributed by atoms with van der Waals surface area (Å²) in [5.41, 5.74) is 0. The number of hydrogen-bond acceptors (Lipinski definition) is 2. The fraction of sp³-hybridized carbons (Fsp3) is 0.952. The van der Waals surface area contributed by atoms with Crippen molar-refractivity contribution in [1.82, 2.24) is 0 Å². The first-order valence-electron chi connectivity index (χ1n) is 10.4. The van der Waals surface area contributed by atoms with Crippen LogP contribution in [0.25, 0.3) is 0 Å². The quantitative estimate of drug-likeness (QED) is 0.281. The van der Waals surface area contributed by atoms with Crippen LogP contribution in [-0.4, -0.2) is 23.3 Å². The van der Waals surface area contributed by atoms with Crippen LogP contribution in [-0.2, 0) is 9.53 Å². The van der Waals surface area contributed by atoms with E-state index in [1.165, 1.54) is 77.0 Å². The normalized spacial score (nSPS) is 12.7. The van der Waals surface area contributed by atoms with Crippen LogP contribution in [0, 0.1) is 0 Å². The SMILES string of the molecule is CCCCCCC(CCCCCCCCCCC(=O)O)OC(C)C. The average Bonchev–Trinajstić information content (AvgIpc) is 2.52. The van der Waals surface area contributed by atoms with Crippen molar-refractivity contribution < 1.29 is 14.6 Å². The summed E-state index contributed by atoms with van der Waals surface area (Å²) in [4.78, 5) is 10.4. The van der Waals surface area contributed by atoms with Gasteiger partial charge in [0.25, 0.3) is 0 Å². The molecule has 0 spiro atoms. The highest BCUT2D eigenvalue weighted by molar-refractivity contribution is 5.66. The highest BCUT2D eigenvalue weighted by Gasteiger charge is 2.10. The average molecular weight is 343 g/mol. The third-order valence-electron chi connectivity index (χ3n) is 4.51. The van der Waals surface area contributed by atoms with Crippen LogP contribution in [0.5, 0.6) is 0 Å². The Hall–Kier alpha value is -0.570. The molecule has 0 fully saturated rings. The number of hydrogen-bond donors (Lipinski definition) is 1. The first-order valence-corrected chi connectivity index (χ1v) is 10.4. The first kappa shape index (κ1) is 23.4. The number of carboxylic acid groups (broad SMARTS) is 1. The molecule has 0 heterocycles. The van der Waals surface area contributed by atoms with Crippen LogP contribution >= 0.6 is 0 Å². The largest absolute Gasteiger partial charge is 0.481 e. The Kier molecular flexibility index (Phi) is 16.8. The molecule has 1 atom stereocenters. The van der Waals surface area contributed by atoms with Gasteiger partial charge in [0.2, 0.25) is 0 Å². The van der Waals surface area contributed by atoms with Gasteiger partial charge in [-0.15, -0.1) is 0 Å². The summed E-state index contributed by atoms with van der Waals surface area (Å²) in [6, 6.07) is 0. The van der Waals surface area contributed by atoms with Crippen LogP contribution in [0.3, 0.4) is 0 Å². The molecule has 3 heteroatoms. The molecule has 0 aromatic carbocycles. The van der Waals surface area contributed by atoms with E-state index in [2.05, 4.69) is 20.8 Å². The molecule has 3 nitrogen and oxygen atoms in total.